The van der Waals surface area contributed by atoms with E-state index in [1.54, 1.807) is 0 Å². The summed E-state index contributed by atoms with van der Waals surface area (Å²) in [7, 11) is 2.15. The standard InChI is InChI=1S/C8H15N.C5H12N2.2C5H11N/c1-2-7-4-5-9-6-8(7)3-1;1-7-4-2-6-3-5-7;2*1-2-4-6-5-3-1/h7-9H,1-6H2;6H,2-5H2,1H3;2*6H,1-5H2. The van der Waals surface area contributed by atoms with Crippen LogP contribution in [0.3, 0.4) is 0 Å². The molecule has 0 aromatic rings. The van der Waals surface area contributed by atoms with Gasteiger partial charge in [-0.15, -0.1) is 0 Å². The summed E-state index contributed by atoms with van der Waals surface area (Å²) in [4.78, 5) is 2.33. The van der Waals surface area contributed by atoms with Crippen LogP contribution in [0.2, 0.25) is 0 Å². The van der Waals surface area contributed by atoms with Crippen molar-refractivity contribution >= 4 is 0 Å². The van der Waals surface area contributed by atoms with Gasteiger partial charge in [-0.2, -0.15) is 0 Å². The first-order chi connectivity index (χ1) is 13.9. The van der Waals surface area contributed by atoms with Crippen molar-refractivity contribution in [3.05, 3.63) is 0 Å². The molecule has 0 aromatic heterocycles. The van der Waals surface area contributed by atoms with Gasteiger partial charge in [0.2, 0.25) is 0 Å². The molecule has 5 fully saturated rings. The van der Waals surface area contributed by atoms with Crippen molar-refractivity contribution in [2.75, 3.05) is 72.5 Å². The number of hydrogen-bond donors (Lipinski definition) is 4. The number of fused-ring (bicyclic) bond motifs is 1. The molecule has 0 radical (unpaired) electrons. The number of rotatable bonds is 0. The molecule has 4 saturated heterocycles. The van der Waals surface area contributed by atoms with Crippen LogP contribution in [0.4, 0.5) is 0 Å². The largest absolute Gasteiger partial charge is 0.317 e. The van der Waals surface area contributed by atoms with Crippen molar-refractivity contribution in [1.29, 1.82) is 0 Å². The fraction of sp³-hybridized carbons (Fsp3) is 1.00. The fourth-order valence-electron chi connectivity index (χ4n) is 4.72. The maximum absolute atomic E-state index is 3.46. The highest BCUT2D eigenvalue weighted by atomic mass is 15.2. The molecule has 1 saturated carbocycles. The van der Waals surface area contributed by atoms with Crippen LogP contribution in [-0.2, 0) is 0 Å². The van der Waals surface area contributed by atoms with Crippen molar-refractivity contribution < 1.29 is 0 Å². The van der Waals surface area contributed by atoms with Crippen LogP contribution in [0.25, 0.3) is 0 Å². The van der Waals surface area contributed by atoms with Gasteiger partial charge in [0.25, 0.3) is 0 Å². The van der Waals surface area contributed by atoms with Gasteiger partial charge in [-0.3, -0.25) is 0 Å². The minimum absolute atomic E-state index is 1.05. The molecule has 0 amide bonds. The van der Waals surface area contributed by atoms with Gasteiger partial charge in [0, 0.05) is 26.2 Å². The van der Waals surface area contributed by atoms with Crippen LogP contribution >= 0.6 is 0 Å². The third kappa shape index (κ3) is 11.7. The average Bonchev–Trinajstić information content (AvgIpc) is 3.27. The Morgan fingerprint density at radius 2 is 1.04 bits per heavy atom. The molecule has 4 N–H and O–H groups in total. The smallest absolute Gasteiger partial charge is 0.0104 e. The van der Waals surface area contributed by atoms with E-state index in [2.05, 4.69) is 33.2 Å². The topological polar surface area (TPSA) is 51.4 Å². The lowest BCUT2D eigenvalue weighted by molar-refractivity contribution is 0.291. The molecule has 5 rings (SSSR count). The molecule has 5 heteroatoms. The summed E-state index contributed by atoms with van der Waals surface area (Å²) >= 11 is 0. The molecule has 2 unspecified atom stereocenters. The molecule has 0 aromatic carbocycles. The van der Waals surface area contributed by atoms with Gasteiger partial charge in [0.15, 0.2) is 0 Å². The van der Waals surface area contributed by atoms with Crippen molar-refractivity contribution in [3.63, 3.8) is 0 Å². The predicted molar refractivity (Wildman–Crippen MR) is 122 cm³/mol. The Labute approximate surface area is 175 Å². The van der Waals surface area contributed by atoms with E-state index in [9.17, 15) is 0 Å². The Kier molecular flexibility index (Phi) is 14.3. The van der Waals surface area contributed by atoms with Crippen molar-refractivity contribution in [1.82, 2.24) is 26.2 Å². The lowest BCUT2D eigenvalue weighted by atomic mass is 9.90. The van der Waals surface area contributed by atoms with E-state index < -0.39 is 0 Å². The van der Waals surface area contributed by atoms with E-state index in [0.717, 1.165) is 24.9 Å². The van der Waals surface area contributed by atoms with Gasteiger partial charge < -0.3 is 26.2 Å². The second-order valence-corrected chi connectivity index (χ2v) is 9.12. The lowest BCUT2D eigenvalue weighted by Gasteiger charge is -2.25. The van der Waals surface area contributed by atoms with Gasteiger partial charge in [-0.05, 0) is 96.7 Å². The number of piperazine rings is 1. The normalized spacial score (nSPS) is 30.3. The zero-order chi connectivity index (χ0) is 19.7. The fourth-order valence-corrected chi connectivity index (χ4v) is 4.72. The highest BCUT2D eigenvalue weighted by Crippen LogP contribution is 2.34. The summed E-state index contributed by atoms with van der Waals surface area (Å²) < 4.78 is 0. The second-order valence-electron chi connectivity index (χ2n) is 9.12. The quantitative estimate of drug-likeness (QED) is 0.508. The Morgan fingerprint density at radius 1 is 0.500 bits per heavy atom. The molecular weight excluding hydrogens is 346 g/mol. The van der Waals surface area contributed by atoms with Crippen molar-refractivity contribution in [2.45, 2.75) is 64.2 Å². The van der Waals surface area contributed by atoms with E-state index in [1.165, 1.54) is 117 Å². The van der Waals surface area contributed by atoms with Gasteiger partial charge in [-0.25, -0.2) is 0 Å². The van der Waals surface area contributed by atoms with Crippen LogP contribution in [-0.4, -0.2) is 77.4 Å². The maximum Gasteiger partial charge on any atom is 0.0104 e. The molecule has 1 aliphatic carbocycles. The summed E-state index contributed by atoms with van der Waals surface area (Å²) in [6.07, 6.45) is 14.4. The van der Waals surface area contributed by atoms with E-state index in [-0.39, 0.29) is 0 Å². The lowest BCUT2D eigenvalue weighted by Crippen LogP contribution is -2.40. The molecule has 4 heterocycles. The third-order valence-electron chi connectivity index (χ3n) is 6.67. The van der Waals surface area contributed by atoms with E-state index in [4.69, 9.17) is 0 Å². The van der Waals surface area contributed by atoms with Crippen molar-refractivity contribution in [3.8, 4) is 0 Å². The average molecular weight is 396 g/mol. The van der Waals surface area contributed by atoms with Crippen LogP contribution < -0.4 is 21.3 Å². The zero-order valence-electron chi connectivity index (χ0n) is 18.7. The van der Waals surface area contributed by atoms with Gasteiger partial charge in [0.1, 0.15) is 0 Å². The first kappa shape index (κ1) is 24.1. The minimum atomic E-state index is 1.05. The molecule has 5 nitrogen and oxygen atoms in total. The summed E-state index contributed by atoms with van der Waals surface area (Å²) in [5, 5.41) is 13.3. The van der Waals surface area contributed by atoms with Crippen molar-refractivity contribution in [2.24, 2.45) is 11.8 Å². The first-order valence-electron chi connectivity index (χ1n) is 12.4. The molecule has 28 heavy (non-hydrogen) atoms. The summed E-state index contributed by atoms with van der Waals surface area (Å²) in [6, 6.07) is 0. The molecule has 166 valence electrons. The Hall–Kier alpha value is -0.200. The second kappa shape index (κ2) is 16.6. The third-order valence-corrected chi connectivity index (χ3v) is 6.67. The van der Waals surface area contributed by atoms with Crippen LogP contribution in [0.15, 0.2) is 0 Å². The molecule has 5 aliphatic rings. The number of hydrogen-bond acceptors (Lipinski definition) is 5. The SMILES string of the molecule is C1CC2CCNCC2C1.C1CCNCC1.C1CCNCC1.CN1CCNCC1. The highest BCUT2D eigenvalue weighted by Gasteiger charge is 2.28. The zero-order valence-corrected chi connectivity index (χ0v) is 18.7. The van der Waals surface area contributed by atoms with E-state index in [1.807, 2.05) is 0 Å². The molecule has 0 bridgehead atoms. The van der Waals surface area contributed by atoms with E-state index >= 15 is 0 Å². The van der Waals surface area contributed by atoms with Crippen LogP contribution in [0.5, 0.6) is 0 Å². The summed E-state index contributed by atoms with van der Waals surface area (Å²) in [5.74, 6) is 2.16. The van der Waals surface area contributed by atoms with E-state index in [0.29, 0.717) is 0 Å². The number of nitrogens with one attached hydrogen (secondary N) is 4. The van der Waals surface area contributed by atoms with Gasteiger partial charge >= 0.3 is 0 Å². The highest BCUT2D eigenvalue weighted by molar-refractivity contribution is 4.82. The number of piperidine rings is 3. The van der Waals surface area contributed by atoms with Gasteiger partial charge in [0.05, 0.1) is 0 Å². The summed E-state index contributed by atoms with van der Waals surface area (Å²) in [6.45, 7) is 12.3. The Bertz CT molecular complexity index is 291. The van der Waals surface area contributed by atoms with Gasteiger partial charge in [-0.1, -0.05) is 25.7 Å². The first-order valence-corrected chi connectivity index (χ1v) is 12.4. The predicted octanol–water partition coefficient (Wildman–Crippen LogP) is 2.44. The molecule has 4 aliphatic heterocycles. The minimum Gasteiger partial charge on any atom is -0.317 e. The maximum atomic E-state index is 3.46. The van der Waals surface area contributed by atoms with Crippen LogP contribution in [0.1, 0.15) is 64.2 Å². The molecular formula is C23H49N5. The molecule has 0 spiro atoms. The monoisotopic (exact) mass is 395 g/mol. The summed E-state index contributed by atoms with van der Waals surface area (Å²) in [5.41, 5.74) is 0. The number of likely N-dealkylation sites (N-methyl/N-ethyl adjacent to an activating group) is 1. The van der Waals surface area contributed by atoms with Crippen LogP contribution in [0, 0.1) is 11.8 Å². The molecule has 2 atom stereocenters. The Balaban J connectivity index is 0.000000136. The Morgan fingerprint density at radius 3 is 1.43 bits per heavy atom. The number of nitrogens with zero attached hydrogens (tertiary/aromatic N) is 1.